The molecule has 1 fully saturated rings. The number of hydrogen-bond acceptors (Lipinski definition) is 5. The van der Waals surface area contributed by atoms with Crippen LogP contribution in [0.15, 0.2) is 35.5 Å². The molecule has 7 heteroatoms. The van der Waals surface area contributed by atoms with Crippen molar-refractivity contribution in [2.24, 2.45) is 10.9 Å². The van der Waals surface area contributed by atoms with Crippen LogP contribution in [0.5, 0.6) is 5.75 Å². The molecule has 0 bridgehead atoms. The van der Waals surface area contributed by atoms with Gasteiger partial charge in [0, 0.05) is 62.5 Å². The minimum Gasteiger partial charge on any atom is -0.497 e. The van der Waals surface area contributed by atoms with Crippen molar-refractivity contribution in [2.75, 3.05) is 45.2 Å². The number of hydrogen-bond donors (Lipinski definition) is 2. The summed E-state index contributed by atoms with van der Waals surface area (Å²) in [6, 6.07) is 8.30. The SMILES string of the molecule is CN=C(NCCc1ncc(C)s1)NCC1CCN(c2cccc(OC)c2)C1. The van der Waals surface area contributed by atoms with Crippen LogP contribution < -0.4 is 20.3 Å². The Bertz CT molecular complexity index is 760. The topological polar surface area (TPSA) is 61.8 Å². The van der Waals surface area contributed by atoms with E-state index in [2.05, 4.69) is 50.6 Å². The highest BCUT2D eigenvalue weighted by Gasteiger charge is 2.23. The van der Waals surface area contributed by atoms with Gasteiger partial charge in [0.25, 0.3) is 0 Å². The number of aliphatic imine (C=N–C) groups is 1. The maximum absolute atomic E-state index is 5.34. The lowest BCUT2D eigenvalue weighted by Gasteiger charge is -2.20. The highest BCUT2D eigenvalue weighted by Crippen LogP contribution is 2.26. The summed E-state index contributed by atoms with van der Waals surface area (Å²) in [5.41, 5.74) is 1.23. The second-order valence-electron chi connectivity index (χ2n) is 6.80. The second-order valence-corrected chi connectivity index (χ2v) is 8.12. The minimum absolute atomic E-state index is 0.608. The minimum atomic E-state index is 0.608. The molecule has 1 aliphatic heterocycles. The normalized spacial score (nSPS) is 17.2. The van der Waals surface area contributed by atoms with Crippen LogP contribution in [-0.4, -0.2) is 51.3 Å². The zero-order valence-electron chi connectivity index (χ0n) is 16.4. The number of benzene rings is 1. The van der Waals surface area contributed by atoms with Crippen LogP contribution in [0.3, 0.4) is 0 Å². The van der Waals surface area contributed by atoms with Gasteiger partial charge in [0.15, 0.2) is 5.96 Å². The van der Waals surface area contributed by atoms with Crippen molar-refractivity contribution in [1.29, 1.82) is 0 Å². The van der Waals surface area contributed by atoms with Crippen molar-refractivity contribution in [2.45, 2.75) is 19.8 Å². The summed E-state index contributed by atoms with van der Waals surface area (Å²) in [7, 11) is 3.53. The lowest BCUT2D eigenvalue weighted by Crippen LogP contribution is -2.41. The molecule has 146 valence electrons. The third kappa shape index (κ3) is 5.60. The fourth-order valence-electron chi connectivity index (χ4n) is 3.31. The zero-order valence-corrected chi connectivity index (χ0v) is 17.2. The number of nitrogens with one attached hydrogen (secondary N) is 2. The van der Waals surface area contributed by atoms with Crippen molar-refractivity contribution in [3.05, 3.63) is 40.3 Å². The number of rotatable bonds is 7. The van der Waals surface area contributed by atoms with Crippen LogP contribution >= 0.6 is 11.3 Å². The predicted molar refractivity (Wildman–Crippen MR) is 113 cm³/mol. The van der Waals surface area contributed by atoms with Crippen LogP contribution in [0.1, 0.15) is 16.3 Å². The molecule has 6 nitrogen and oxygen atoms in total. The third-order valence-corrected chi connectivity index (χ3v) is 5.76. The molecule has 0 aliphatic carbocycles. The summed E-state index contributed by atoms with van der Waals surface area (Å²) in [4.78, 5) is 12.4. The highest BCUT2D eigenvalue weighted by atomic mass is 32.1. The molecule has 2 aromatic rings. The Hall–Kier alpha value is -2.28. The van der Waals surface area contributed by atoms with E-state index < -0.39 is 0 Å². The van der Waals surface area contributed by atoms with Gasteiger partial charge in [-0.15, -0.1) is 11.3 Å². The summed E-state index contributed by atoms with van der Waals surface area (Å²) in [6.07, 6.45) is 4.03. The van der Waals surface area contributed by atoms with E-state index in [0.29, 0.717) is 5.92 Å². The van der Waals surface area contributed by atoms with Gasteiger partial charge in [0.1, 0.15) is 5.75 Å². The standard InChI is InChI=1S/C20H29N5OS/c1-15-12-23-19(27-15)7-9-22-20(21-2)24-13-16-8-10-25(14-16)17-5-4-6-18(11-17)26-3/h4-6,11-12,16H,7-10,13-14H2,1-3H3,(H2,21,22,24). The Kier molecular flexibility index (Phi) is 6.92. The summed E-state index contributed by atoms with van der Waals surface area (Å²) in [6.45, 7) is 5.99. The maximum Gasteiger partial charge on any atom is 0.191 e. The van der Waals surface area contributed by atoms with E-state index in [-0.39, 0.29) is 0 Å². The first-order chi connectivity index (χ1) is 13.2. The zero-order chi connectivity index (χ0) is 19.1. The van der Waals surface area contributed by atoms with Crippen molar-refractivity contribution in [3.8, 4) is 5.75 Å². The van der Waals surface area contributed by atoms with Gasteiger partial charge in [-0.3, -0.25) is 4.99 Å². The van der Waals surface area contributed by atoms with E-state index in [1.807, 2.05) is 19.3 Å². The lowest BCUT2D eigenvalue weighted by atomic mass is 10.1. The van der Waals surface area contributed by atoms with Crippen LogP contribution in [0.25, 0.3) is 0 Å². The number of thiazole rings is 1. The number of nitrogens with zero attached hydrogens (tertiary/aromatic N) is 3. The van der Waals surface area contributed by atoms with Crippen molar-refractivity contribution in [1.82, 2.24) is 15.6 Å². The van der Waals surface area contributed by atoms with E-state index in [1.54, 1.807) is 18.4 Å². The molecule has 2 heterocycles. The fourth-order valence-corrected chi connectivity index (χ4v) is 4.09. The van der Waals surface area contributed by atoms with Crippen LogP contribution in [0, 0.1) is 12.8 Å². The van der Waals surface area contributed by atoms with Gasteiger partial charge >= 0.3 is 0 Å². The van der Waals surface area contributed by atoms with Gasteiger partial charge in [-0.1, -0.05) is 6.07 Å². The molecule has 1 aromatic heterocycles. The first-order valence-electron chi connectivity index (χ1n) is 9.42. The Balaban J connectivity index is 1.41. The number of guanidine groups is 1. The van der Waals surface area contributed by atoms with Crippen LogP contribution in [0.2, 0.25) is 0 Å². The smallest absolute Gasteiger partial charge is 0.191 e. The van der Waals surface area contributed by atoms with Crippen LogP contribution in [0.4, 0.5) is 5.69 Å². The number of methoxy groups -OCH3 is 1. The molecule has 0 amide bonds. The molecule has 1 aromatic carbocycles. The average Bonchev–Trinajstić information content (AvgIpc) is 3.33. The number of ether oxygens (including phenoxy) is 1. The van der Waals surface area contributed by atoms with Gasteiger partial charge in [0.05, 0.1) is 12.1 Å². The molecule has 2 N–H and O–H groups in total. The predicted octanol–water partition coefficient (Wildman–Crippen LogP) is 2.69. The van der Waals surface area contributed by atoms with Gasteiger partial charge in [-0.25, -0.2) is 4.98 Å². The Labute approximate surface area is 165 Å². The molecule has 3 rings (SSSR count). The molecular formula is C20H29N5OS. The maximum atomic E-state index is 5.34. The quantitative estimate of drug-likeness (QED) is 0.565. The molecule has 0 spiro atoms. The molecule has 1 unspecified atom stereocenters. The van der Waals surface area contributed by atoms with E-state index in [1.165, 1.54) is 22.0 Å². The van der Waals surface area contributed by atoms with E-state index in [0.717, 1.165) is 44.3 Å². The van der Waals surface area contributed by atoms with Crippen molar-refractivity contribution >= 4 is 23.0 Å². The summed E-state index contributed by atoms with van der Waals surface area (Å²) < 4.78 is 5.34. The fraction of sp³-hybridized carbons (Fsp3) is 0.500. The summed E-state index contributed by atoms with van der Waals surface area (Å²) >= 11 is 1.76. The molecule has 0 radical (unpaired) electrons. The van der Waals surface area contributed by atoms with Gasteiger partial charge in [-0.05, 0) is 31.4 Å². The third-order valence-electron chi connectivity index (χ3n) is 4.79. The molecule has 1 saturated heterocycles. The lowest BCUT2D eigenvalue weighted by molar-refractivity contribution is 0.415. The van der Waals surface area contributed by atoms with Gasteiger partial charge in [0.2, 0.25) is 0 Å². The van der Waals surface area contributed by atoms with E-state index in [4.69, 9.17) is 4.74 Å². The van der Waals surface area contributed by atoms with Crippen molar-refractivity contribution in [3.63, 3.8) is 0 Å². The van der Waals surface area contributed by atoms with Crippen LogP contribution in [-0.2, 0) is 6.42 Å². The van der Waals surface area contributed by atoms with Gasteiger partial charge < -0.3 is 20.3 Å². The molecule has 1 atom stereocenters. The number of aromatic nitrogens is 1. The van der Waals surface area contributed by atoms with Gasteiger partial charge in [-0.2, -0.15) is 0 Å². The van der Waals surface area contributed by atoms with E-state index >= 15 is 0 Å². The largest absolute Gasteiger partial charge is 0.497 e. The Morgan fingerprint density at radius 1 is 1.41 bits per heavy atom. The monoisotopic (exact) mass is 387 g/mol. The molecule has 0 saturated carbocycles. The second kappa shape index (κ2) is 9.60. The molecular weight excluding hydrogens is 358 g/mol. The molecule has 27 heavy (non-hydrogen) atoms. The summed E-state index contributed by atoms with van der Waals surface area (Å²) in [5, 5.41) is 8.02. The van der Waals surface area contributed by atoms with E-state index in [9.17, 15) is 0 Å². The Morgan fingerprint density at radius 2 is 2.30 bits per heavy atom. The van der Waals surface area contributed by atoms with Crippen molar-refractivity contribution < 1.29 is 4.74 Å². The Morgan fingerprint density at radius 3 is 3.04 bits per heavy atom. The number of aryl methyl sites for hydroxylation is 1. The first-order valence-corrected chi connectivity index (χ1v) is 10.2. The number of anilines is 1. The average molecular weight is 388 g/mol. The summed E-state index contributed by atoms with van der Waals surface area (Å²) in [5.74, 6) is 2.38. The first kappa shape index (κ1) is 19.5. The molecule has 1 aliphatic rings. The highest BCUT2D eigenvalue weighted by molar-refractivity contribution is 7.11.